The molecule has 0 atom stereocenters. The van der Waals surface area contributed by atoms with Gasteiger partial charge >= 0.3 is 0 Å². The Morgan fingerprint density at radius 3 is 2.78 bits per heavy atom. The molecule has 3 rings (SSSR count). The van der Waals surface area contributed by atoms with Gasteiger partial charge in [0.1, 0.15) is 5.01 Å². The van der Waals surface area contributed by atoms with E-state index in [-0.39, 0.29) is 5.56 Å². The Balaban J connectivity index is 2.26. The van der Waals surface area contributed by atoms with E-state index in [1.54, 1.807) is 30.5 Å². The fourth-order valence-corrected chi connectivity index (χ4v) is 3.02. The number of H-pyrrole nitrogens is 1. The summed E-state index contributed by atoms with van der Waals surface area (Å²) < 4.78 is 0.905. The SMILES string of the molecule is O=c1[nH]cccc1-c1nc2cc(Cl)c(Cl)cc2s1. The zero-order valence-corrected chi connectivity index (χ0v) is 11.2. The first-order valence-corrected chi connectivity index (χ1v) is 6.66. The highest BCUT2D eigenvalue weighted by molar-refractivity contribution is 7.21. The average molecular weight is 297 g/mol. The third kappa shape index (κ3) is 1.92. The summed E-state index contributed by atoms with van der Waals surface area (Å²) in [6.45, 7) is 0. The van der Waals surface area contributed by atoms with E-state index in [1.807, 2.05) is 0 Å². The van der Waals surface area contributed by atoms with Crippen molar-refractivity contribution in [1.29, 1.82) is 0 Å². The molecule has 0 bridgehead atoms. The van der Waals surface area contributed by atoms with E-state index < -0.39 is 0 Å². The Bertz CT molecular complexity index is 755. The Hall–Kier alpha value is -1.36. The molecule has 18 heavy (non-hydrogen) atoms. The smallest absolute Gasteiger partial charge is 0.258 e. The molecule has 0 amide bonds. The van der Waals surface area contributed by atoms with E-state index in [4.69, 9.17) is 23.2 Å². The quantitative estimate of drug-likeness (QED) is 0.739. The van der Waals surface area contributed by atoms with E-state index in [2.05, 4.69) is 9.97 Å². The summed E-state index contributed by atoms with van der Waals surface area (Å²) in [5.74, 6) is 0. The summed E-state index contributed by atoms with van der Waals surface area (Å²) in [4.78, 5) is 18.7. The highest BCUT2D eigenvalue weighted by Crippen LogP contribution is 2.33. The van der Waals surface area contributed by atoms with Crippen LogP contribution in [0, 0.1) is 0 Å². The van der Waals surface area contributed by atoms with Crippen molar-refractivity contribution in [3.8, 4) is 10.6 Å². The van der Waals surface area contributed by atoms with Gasteiger partial charge in [-0.1, -0.05) is 23.2 Å². The first-order valence-electron chi connectivity index (χ1n) is 5.09. The maximum absolute atomic E-state index is 11.7. The molecule has 0 spiro atoms. The summed E-state index contributed by atoms with van der Waals surface area (Å²) >= 11 is 13.3. The second-order valence-corrected chi connectivity index (χ2v) is 5.51. The zero-order chi connectivity index (χ0) is 12.7. The number of aromatic nitrogens is 2. The molecule has 0 aliphatic heterocycles. The molecule has 0 radical (unpaired) electrons. The molecular weight excluding hydrogens is 291 g/mol. The zero-order valence-electron chi connectivity index (χ0n) is 8.91. The lowest BCUT2D eigenvalue weighted by Gasteiger charge is -1.92. The maximum Gasteiger partial charge on any atom is 0.258 e. The van der Waals surface area contributed by atoms with Crippen molar-refractivity contribution in [2.75, 3.05) is 0 Å². The number of hydrogen-bond donors (Lipinski definition) is 1. The van der Waals surface area contributed by atoms with Crippen LogP contribution < -0.4 is 5.56 Å². The molecule has 3 nitrogen and oxygen atoms in total. The van der Waals surface area contributed by atoms with Crippen LogP contribution in [0.15, 0.2) is 35.3 Å². The topological polar surface area (TPSA) is 45.8 Å². The third-order valence-corrected chi connectivity index (χ3v) is 4.25. The summed E-state index contributed by atoms with van der Waals surface area (Å²) in [6.07, 6.45) is 1.59. The van der Waals surface area contributed by atoms with Crippen molar-refractivity contribution < 1.29 is 0 Å². The Morgan fingerprint density at radius 2 is 2.00 bits per heavy atom. The highest BCUT2D eigenvalue weighted by atomic mass is 35.5. The molecule has 0 aliphatic carbocycles. The third-order valence-electron chi connectivity index (χ3n) is 2.48. The Labute approximate surface area is 116 Å². The van der Waals surface area contributed by atoms with E-state index in [1.165, 1.54) is 11.3 Å². The van der Waals surface area contributed by atoms with Crippen molar-refractivity contribution in [1.82, 2.24) is 9.97 Å². The van der Waals surface area contributed by atoms with Gasteiger partial charge in [0.05, 0.1) is 25.8 Å². The Kier molecular flexibility index (Phi) is 2.86. The highest BCUT2D eigenvalue weighted by Gasteiger charge is 2.11. The summed E-state index contributed by atoms with van der Waals surface area (Å²) in [5, 5.41) is 1.61. The molecule has 2 heterocycles. The fraction of sp³-hybridized carbons (Fsp3) is 0. The minimum absolute atomic E-state index is 0.159. The summed E-state index contributed by atoms with van der Waals surface area (Å²) in [5.41, 5.74) is 1.13. The van der Waals surface area contributed by atoms with E-state index in [0.717, 1.165) is 10.2 Å². The van der Waals surface area contributed by atoms with Crippen LogP contribution in [0.1, 0.15) is 0 Å². The number of aromatic amines is 1. The van der Waals surface area contributed by atoms with Gasteiger partial charge in [0, 0.05) is 6.20 Å². The standard InChI is InChI=1S/C12H6Cl2N2OS/c13-7-4-9-10(5-8(7)14)18-12(16-9)6-2-1-3-15-11(6)17/h1-5H,(H,15,17). The molecule has 3 aromatic rings. The molecule has 0 aliphatic rings. The van der Waals surface area contributed by atoms with Crippen LogP contribution in [-0.4, -0.2) is 9.97 Å². The number of halogens is 2. The van der Waals surface area contributed by atoms with Crippen molar-refractivity contribution >= 4 is 44.8 Å². The van der Waals surface area contributed by atoms with Gasteiger partial charge in [-0.05, 0) is 24.3 Å². The maximum atomic E-state index is 11.7. The second kappa shape index (κ2) is 4.39. The van der Waals surface area contributed by atoms with Gasteiger partial charge in [0.2, 0.25) is 0 Å². The van der Waals surface area contributed by atoms with Gasteiger partial charge in [0.25, 0.3) is 5.56 Å². The lowest BCUT2D eigenvalue weighted by Crippen LogP contribution is -2.06. The van der Waals surface area contributed by atoms with Crippen molar-refractivity contribution in [3.05, 3.63) is 50.9 Å². The van der Waals surface area contributed by atoms with Gasteiger partial charge in [-0.25, -0.2) is 4.98 Å². The lowest BCUT2D eigenvalue weighted by molar-refractivity contribution is 1.24. The molecule has 2 aromatic heterocycles. The van der Waals surface area contributed by atoms with Crippen LogP contribution in [-0.2, 0) is 0 Å². The van der Waals surface area contributed by atoms with Gasteiger partial charge in [-0.2, -0.15) is 0 Å². The molecule has 0 saturated heterocycles. The lowest BCUT2D eigenvalue weighted by atomic mass is 10.3. The van der Waals surface area contributed by atoms with Crippen molar-refractivity contribution in [2.24, 2.45) is 0 Å². The molecule has 1 aromatic carbocycles. The number of benzene rings is 1. The molecule has 90 valence electrons. The van der Waals surface area contributed by atoms with E-state index in [0.29, 0.717) is 20.6 Å². The van der Waals surface area contributed by atoms with Crippen LogP contribution in [0.25, 0.3) is 20.8 Å². The van der Waals surface area contributed by atoms with Crippen LogP contribution in [0.4, 0.5) is 0 Å². The van der Waals surface area contributed by atoms with Gasteiger partial charge < -0.3 is 4.98 Å². The number of nitrogens with one attached hydrogen (secondary N) is 1. The number of hydrogen-bond acceptors (Lipinski definition) is 3. The number of fused-ring (bicyclic) bond motifs is 1. The summed E-state index contributed by atoms with van der Waals surface area (Å²) in [7, 11) is 0. The molecule has 0 saturated carbocycles. The van der Waals surface area contributed by atoms with Gasteiger partial charge in [-0.15, -0.1) is 11.3 Å². The van der Waals surface area contributed by atoms with Crippen molar-refractivity contribution in [3.63, 3.8) is 0 Å². The fourth-order valence-electron chi connectivity index (χ4n) is 1.63. The van der Waals surface area contributed by atoms with Gasteiger partial charge in [-0.3, -0.25) is 4.79 Å². The molecule has 0 fully saturated rings. The summed E-state index contributed by atoms with van der Waals surface area (Å²) in [6, 6.07) is 6.97. The van der Waals surface area contributed by atoms with Crippen LogP contribution in [0.5, 0.6) is 0 Å². The van der Waals surface area contributed by atoms with Crippen LogP contribution in [0.3, 0.4) is 0 Å². The number of thiazole rings is 1. The minimum atomic E-state index is -0.159. The predicted molar refractivity (Wildman–Crippen MR) is 75.7 cm³/mol. The average Bonchev–Trinajstić information content (AvgIpc) is 2.73. The van der Waals surface area contributed by atoms with Crippen LogP contribution >= 0.6 is 34.5 Å². The second-order valence-electron chi connectivity index (χ2n) is 3.67. The number of pyridine rings is 1. The largest absolute Gasteiger partial charge is 0.329 e. The monoisotopic (exact) mass is 296 g/mol. The minimum Gasteiger partial charge on any atom is -0.329 e. The number of nitrogens with zero attached hydrogens (tertiary/aromatic N) is 1. The van der Waals surface area contributed by atoms with Crippen LogP contribution in [0.2, 0.25) is 10.0 Å². The number of rotatable bonds is 1. The predicted octanol–water partition coefficient (Wildman–Crippen LogP) is 3.96. The van der Waals surface area contributed by atoms with Crippen molar-refractivity contribution in [2.45, 2.75) is 0 Å². The normalized spacial score (nSPS) is 11.0. The molecule has 0 unspecified atom stereocenters. The molecular formula is C12H6Cl2N2OS. The first-order chi connectivity index (χ1) is 8.65. The molecule has 1 N–H and O–H groups in total. The Morgan fingerprint density at radius 1 is 1.22 bits per heavy atom. The van der Waals surface area contributed by atoms with E-state index in [9.17, 15) is 4.79 Å². The first kappa shape index (κ1) is 11.7. The van der Waals surface area contributed by atoms with Gasteiger partial charge in [0.15, 0.2) is 0 Å². The van der Waals surface area contributed by atoms with E-state index >= 15 is 0 Å². The molecule has 6 heteroatoms.